The van der Waals surface area contributed by atoms with E-state index < -0.39 is 16.4 Å². The van der Waals surface area contributed by atoms with Gasteiger partial charge < -0.3 is 10.1 Å². The Morgan fingerprint density at radius 1 is 1.38 bits per heavy atom. The zero-order valence-electron chi connectivity index (χ0n) is 15.3. The molecule has 0 aliphatic rings. The maximum Gasteiger partial charge on any atom is 0.295 e. The van der Waals surface area contributed by atoms with Crippen molar-refractivity contribution in [3.05, 3.63) is 75.0 Å². The molecule has 0 aliphatic carbocycles. The molecule has 1 heterocycles. The first kappa shape index (κ1) is 20.0. The van der Waals surface area contributed by atoms with Crippen LogP contribution in [0.3, 0.4) is 0 Å². The maximum absolute atomic E-state index is 13.3. The molecular formula is C20H15FN4O3S. The molecule has 1 N–H and O–H groups in total. The average molecular weight is 410 g/mol. The van der Waals surface area contributed by atoms with Crippen molar-refractivity contribution in [3.63, 3.8) is 0 Å². The summed E-state index contributed by atoms with van der Waals surface area (Å²) in [6.07, 6.45) is 1.32. The second-order valence-electron chi connectivity index (χ2n) is 5.73. The monoisotopic (exact) mass is 410 g/mol. The third-order valence-electron chi connectivity index (χ3n) is 3.84. The lowest BCUT2D eigenvalue weighted by Gasteiger charge is -2.03. The number of nitriles is 1. The lowest BCUT2D eigenvalue weighted by molar-refractivity contribution is -0.384. The summed E-state index contributed by atoms with van der Waals surface area (Å²) in [5.41, 5.74) is 1.42. The number of ether oxygens (including phenoxy) is 1. The molecule has 0 bridgehead atoms. The minimum Gasteiger partial charge on any atom is -0.494 e. The fraction of sp³-hybridized carbons (Fsp3) is 0.100. The summed E-state index contributed by atoms with van der Waals surface area (Å²) in [6.45, 7) is 2.49. The molecule has 2 aromatic carbocycles. The van der Waals surface area contributed by atoms with E-state index in [1.807, 2.05) is 42.6 Å². The molecule has 0 saturated heterocycles. The van der Waals surface area contributed by atoms with Gasteiger partial charge in [0.15, 0.2) is 0 Å². The molecule has 0 atom stereocenters. The van der Waals surface area contributed by atoms with E-state index in [9.17, 15) is 19.8 Å². The number of anilines is 1. The van der Waals surface area contributed by atoms with E-state index in [1.54, 1.807) is 0 Å². The van der Waals surface area contributed by atoms with Crippen LogP contribution >= 0.6 is 11.3 Å². The Bertz CT molecular complexity index is 1100. The summed E-state index contributed by atoms with van der Waals surface area (Å²) >= 11 is 1.27. The maximum atomic E-state index is 13.3. The van der Waals surface area contributed by atoms with Crippen LogP contribution in [-0.2, 0) is 0 Å². The van der Waals surface area contributed by atoms with Gasteiger partial charge in [-0.05, 0) is 43.3 Å². The molecule has 3 rings (SSSR count). The molecule has 146 valence electrons. The molecule has 0 aliphatic heterocycles. The molecule has 0 fully saturated rings. The number of aromatic nitrogens is 1. The van der Waals surface area contributed by atoms with Gasteiger partial charge in [-0.15, -0.1) is 11.3 Å². The largest absolute Gasteiger partial charge is 0.494 e. The van der Waals surface area contributed by atoms with Gasteiger partial charge in [0.25, 0.3) is 5.69 Å². The van der Waals surface area contributed by atoms with E-state index in [-0.39, 0.29) is 11.3 Å². The first-order chi connectivity index (χ1) is 14.0. The lowest BCUT2D eigenvalue weighted by atomic mass is 10.2. The summed E-state index contributed by atoms with van der Waals surface area (Å²) in [5.74, 6) is 0.0426. The Hall–Kier alpha value is -3.77. The van der Waals surface area contributed by atoms with Gasteiger partial charge in [0.2, 0.25) is 0 Å². The van der Waals surface area contributed by atoms with E-state index >= 15 is 0 Å². The Kier molecular flexibility index (Phi) is 6.16. The Balaban J connectivity index is 1.83. The van der Waals surface area contributed by atoms with Crippen molar-refractivity contribution < 1.29 is 14.1 Å². The molecule has 0 amide bonds. The van der Waals surface area contributed by atoms with E-state index in [0.29, 0.717) is 17.3 Å². The van der Waals surface area contributed by atoms with E-state index in [0.717, 1.165) is 23.4 Å². The van der Waals surface area contributed by atoms with Crippen LogP contribution in [-0.4, -0.2) is 16.5 Å². The molecule has 3 aromatic rings. The highest BCUT2D eigenvalue weighted by Crippen LogP contribution is 2.29. The molecule has 0 unspecified atom stereocenters. The molecule has 1 aromatic heterocycles. The highest BCUT2D eigenvalue weighted by Gasteiger charge is 2.15. The van der Waals surface area contributed by atoms with Crippen LogP contribution in [0, 0.1) is 27.3 Å². The average Bonchev–Trinajstić information content (AvgIpc) is 3.20. The van der Waals surface area contributed by atoms with Gasteiger partial charge in [-0.25, -0.2) is 9.37 Å². The van der Waals surface area contributed by atoms with Crippen molar-refractivity contribution in [1.82, 2.24) is 4.98 Å². The molecule has 7 nitrogen and oxygen atoms in total. The van der Waals surface area contributed by atoms with Gasteiger partial charge in [-0.2, -0.15) is 5.26 Å². The number of halogens is 1. The minimum atomic E-state index is -0.716. The molecule has 0 spiro atoms. The lowest BCUT2D eigenvalue weighted by Crippen LogP contribution is -1.97. The number of thiazole rings is 1. The predicted molar refractivity (Wildman–Crippen MR) is 109 cm³/mol. The van der Waals surface area contributed by atoms with Crippen molar-refractivity contribution in [2.24, 2.45) is 0 Å². The fourth-order valence-corrected chi connectivity index (χ4v) is 3.28. The van der Waals surface area contributed by atoms with Crippen LogP contribution in [0.25, 0.3) is 16.8 Å². The molecule has 29 heavy (non-hydrogen) atoms. The minimum absolute atomic E-state index is 0.0763. The van der Waals surface area contributed by atoms with Gasteiger partial charge in [0, 0.05) is 17.1 Å². The highest BCUT2D eigenvalue weighted by atomic mass is 32.1. The number of benzene rings is 2. The second kappa shape index (κ2) is 8.95. The second-order valence-corrected chi connectivity index (χ2v) is 6.59. The summed E-state index contributed by atoms with van der Waals surface area (Å²) in [6, 6.07) is 12.6. The third kappa shape index (κ3) is 4.75. The van der Waals surface area contributed by atoms with Crippen LogP contribution in [0.2, 0.25) is 0 Å². The Morgan fingerprint density at radius 2 is 2.14 bits per heavy atom. The van der Waals surface area contributed by atoms with Crippen LogP contribution in [0.1, 0.15) is 11.9 Å². The summed E-state index contributed by atoms with van der Waals surface area (Å²) in [5, 5.41) is 25.5. The molecule has 9 heteroatoms. The quantitative estimate of drug-likeness (QED) is 0.325. The number of nitro groups is 1. The van der Waals surface area contributed by atoms with Gasteiger partial charge in [0.05, 0.1) is 23.3 Å². The first-order valence-electron chi connectivity index (χ1n) is 8.51. The van der Waals surface area contributed by atoms with E-state index in [4.69, 9.17) is 4.74 Å². The number of hydrogen-bond donors (Lipinski definition) is 1. The van der Waals surface area contributed by atoms with Crippen molar-refractivity contribution in [2.75, 3.05) is 11.9 Å². The van der Waals surface area contributed by atoms with Gasteiger partial charge >= 0.3 is 0 Å². The van der Waals surface area contributed by atoms with Crippen LogP contribution < -0.4 is 10.1 Å². The van der Waals surface area contributed by atoms with E-state index in [1.165, 1.54) is 23.6 Å². The first-order valence-corrected chi connectivity index (χ1v) is 9.39. The smallest absolute Gasteiger partial charge is 0.295 e. The summed E-state index contributed by atoms with van der Waals surface area (Å²) in [4.78, 5) is 14.8. The number of hydrogen-bond acceptors (Lipinski definition) is 7. The van der Waals surface area contributed by atoms with Gasteiger partial charge in [0.1, 0.15) is 33.9 Å². The predicted octanol–water partition coefficient (Wildman–Crippen LogP) is 5.23. The molecular weight excluding hydrogens is 395 g/mol. The number of nitrogens with one attached hydrogen (secondary N) is 1. The van der Waals surface area contributed by atoms with Crippen molar-refractivity contribution in [2.45, 2.75) is 6.92 Å². The third-order valence-corrected chi connectivity index (χ3v) is 4.72. The number of rotatable bonds is 7. The highest BCUT2D eigenvalue weighted by molar-refractivity contribution is 7.11. The number of nitrogens with zero attached hydrogens (tertiary/aromatic N) is 3. The SMILES string of the molecule is CCOc1ccc(-c2csc(/C(C#N)=C/Nc3ccc(F)cc3[N+](=O)[O-])n2)cc1. The van der Waals surface area contributed by atoms with Crippen molar-refractivity contribution >= 4 is 28.3 Å². The number of allylic oxidation sites excluding steroid dienone is 1. The topological polar surface area (TPSA) is 101 Å². The van der Waals surface area contributed by atoms with Crippen molar-refractivity contribution in [3.8, 4) is 23.1 Å². The normalized spacial score (nSPS) is 11.0. The zero-order valence-corrected chi connectivity index (χ0v) is 16.1. The Morgan fingerprint density at radius 3 is 2.79 bits per heavy atom. The zero-order chi connectivity index (χ0) is 20.8. The standard InChI is InChI=1S/C20H15FN4O3S/c1-2-28-16-6-3-13(4-7-16)18-12-29-20(24-18)14(10-22)11-23-17-8-5-15(21)9-19(17)25(26)27/h3-9,11-12,23H,2H2,1H3/b14-11+. The van der Waals surface area contributed by atoms with Gasteiger partial charge in [-0.1, -0.05) is 0 Å². The Labute approximate surface area is 169 Å². The molecule has 0 radical (unpaired) electrons. The van der Waals surface area contributed by atoms with Crippen LogP contribution in [0.15, 0.2) is 54.0 Å². The van der Waals surface area contributed by atoms with Gasteiger partial charge in [-0.3, -0.25) is 10.1 Å². The fourth-order valence-electron chi connectivity index (χ4n) is 2.49. The summed E-state index contributed by atoms with van der Waals surface area (Å²) in [7, 11) is 0. The van der Waals surface area contributed by atoms with Crippen molar-refractivity contribution in [1.29, 1.82) is 5.26 Å². The van der Waals surface area contributed by atoms with Crippen LogP contribution in [0.5, 0.6) is 5.75 Å². The summed E-state index contributed by atoms with van der Waals surface area (Å²) < 4.78 is 18.7. The van der Waals surface area contributed by atoms with Crippen LogP contribution in [0.4, 0.5) is 15.8 Å². The van der Waals surface area contributed by atoms with E-state index in [2.05, 4.69) is 10.3 Å². The molecule has 0 saturated carbocycles. The number of nitro benzene ring substituents is 1.